The van der Waals surface area contributed by atoms with Crippen LogP contribution in [0.4, 0.5) is 0 Å². The molecule has 3 aromatic carbocycles. The van der Waals surface area contributed by atoms with Crippen molar-refractivity contribution in [3.63, 3.8) is 0 Å². The lowest BCUT2D eigenvalue weighted by molar-refractivity contribution is -0.0126. The van der Waals surface area contributed by atoms with Crippen molar-refractivity contribution >= 4 is 11.9 Å². The first-order valence-electron chi connectivity index (χ1n) is 12.1. The Kier molecular flexibility index (Phi) is 9.31. The lowest BCUT2D eigenvalue weighted by Crippen LogP contribution is -2.18. The quantitative estimate of drug-likeness (QED) is 0.188. The molecule has 0 radical (unpaired) electrons. The van der Waals surface area contributed by atoms with Gasteiger partial charge >= 0.3 is 11.9 Å². The summed E-state index contributed by atoms with van der Waals surface area (Å²) in [6.07, 6.45) is 0.560. The van der Waals surface area contributed by atoms with Crippen molar-refractivity contribution in [2.75, 3.05) is 21.0 Å². The summed E-state index contributed by atoms with van der Waals surface area (Å²) < 4.78 is 27.5. The van der Waals surface area contributed by atoms with Gasteiger partial charge in [-0.15, -0.1) is 0 Å². The number of hydrogen-bond donors (Lipinski definition) is 0. The van der Waals surface area contributed by atoms with Crippen molar-refractivity contribution < 1.29 is 33.3 Å². The second-order valence-corrected chi connectivity index (χ2v) is 8.73. The van der Waals surface area contributed by atoms with Gasteiger partial charge in [-0.3, -0.25) is 0 Å². The zero-order valence-electron chi connectivity index (χ0n) is 22.5. The van der Waals surface area contributed by atoms with E-state index in [1.807, 2.05) is 65.0 Å². The molecule has 7 heteroatoms. The van der Waals surface area contributed by atoms with Gasteiger partial charge in [-0.05, 0) is 73.6 Å². The minimum absolute atomic E-state index is 0.139. The molecule has 0 atom stereocenters. The van der Waals surface area contributed by atoms with Gasteiger partial charge in [0, 0.05) is 13.2 Å². The van der Waals surface area contributed by atoms with Crippen LogP contribution in [0, 0.1) is 27.7 Å². The SMILES string of the molecule is CCc1c(C)c(OC(=O)c2c(C)cc(OCc3ccccc3)cc2OC)c(C)c(C)c1C(=O)OCOC. The number of rotatable bonds is 10. The molecule has 196 valence electrons. The van der Waals surface area contributed by atoms with Crippen LogP contribution in [-0.2, 0) is 22.5 Å². The summed E-state index contributed by atoms with van der Waals surface area (Å²) in [6, 6.07) is 13.3. The fraction of sp³-hybridized carbons (Fsp3) is 0.333. The van der Waals surface area contributed by atoms with Gasteiger partial charge < -0.3 is 23.7 Å². The van der Waals surface area contributed by atoms with E-state index in [1.165, 1.54) is 14.2 Å². The minimum atomic E-state index is -0.550. The van der Waals surface area contributed by atoms with Crippen molar-refractivity contribution in [3.05, 3.63) is 87.0 Å². The van der Waals surface area contributed by atoms with E-state index in [1.54, 1.807) is 12.1 Å². The number of esters is 2. The molecule has 0 aliphatic heterocycles. The van der Waals surface area contributed by atoms with Gasteiger partial charge in [-0.1, -0.05) is 37.3 Å². The number of methoxy groups -OCH3 is 2. The molecule has 0 heterocycles. The molecular weight excluding hydrogens is 472 g/mol. The molecule has 7 nitrogen and oxygen atoms in total. The van der Waals surface area contributed by atoms with Crippen LogP contribution in [-0.4, -0.2) is 33.0 Å². The average molecular weight is 507 g/mol. The number of benzene rings is 3. The Morgan fingerprint density at radius 2 is 1.54 bits per heavy atom. The average Bonchev–Trinajstić information content (AvgIpc) is 2.90. The minimum Gasteiger partial charge on any atom is -0.496 e. The Hall–Kier alpha value is -3.84. The van der Waals surface area contributed by atoms with Gasteiger partial charge in [-0.2, -0.15) is 0 Å². The fourth-order valence-corrected chi connectivity index (χ4v) is 4.36. The van der Waals surface area contributed by atoms with Gasteiger partial charge in [0.1, 0.15) is 29.4 Å². The van der Waals surface area contributed by atoms with E-state index in [0.717, 1.165) is 11.1 Å². The molecule has 0 unspecified atom stereocenters. The predicted molar refractivity (Wildman–Crippen MR) is 141 cm³/mol. The van der Waals surface area contributed by atoms with E-state index >= 15 is 0 Å². The fourth-order valence-electron chi connectivity index (χ4n) is 4.36. The summed E-state index contributed by atoms with van der Waals surface area (Å²) in [7, 11) is 2.96. The van der Waals surface area contributed by atoms with Crippen LogP contribution in [0.15, 0.2) is 42.5 Å². The van der Waals surface area contributed by atoms with Crippen LogP contribution in [0.25, 0.3) is 0 Å². The van der Waals surface area contributed by atoms with Gasteiger partial charge in [0.2, 0.25) is 0 Å². The smallest absolute Gasteiger partial charge is 0.347 e. The highest BCUT2D eigenvalue weighted by Crippen LogP contribution is 2.36. The highest BCUT2D eigenvalue weighted by molar-refractivity contribution is 5.97. The number of aryl methyl sites for hydroxylation is 1. The van der Waals surface area contributed by atoms with E-state index in [2.05, 4.69) is 0 Å². The molecule has 0 aromatic heterocycles. The summed E-state index contributed by atoms with van der Waals surface area (Å²) in [5.74, 6) is 0.351. The Labute approximate surface area is 218 Å². The van der Waals surface area contributed by atoms with E-state index in [-0.39, 0.29) is 6.79 Å². The van der Waals surface area contributed by atoms with Crippen molar-refractivity contribution in [2.24, 2.45) is 0 Å². The lowest BCUT2D eigenvalue weighted by atomic mass is 9.90. The second-order valence-electron chi connectivity index (χ2n) is 8.73. The molecule has 0 spiro atoms. The van der Waals surface area contributed by atoms with Gasteiger partial charge in [0.05, 0.1) is 12.7 Å². The van der Waals surface area contributed by atoms with E-state index in [9.17, 15) is 9.59 Å². The third-order valence-corrected chi connectivity index (χ3v) is 6.38. The van der Waals surface area contributed by atoms with Gasteiger partial charge in [-0.25, -0.2) is 9.59 Å². The molecule has 0 aliphatic carbocycles. The summed E-state index contributed by atoms with van der Waals surface area (Å²) >= 11 is 0. The molecular formula is C30H34O7. The van der Waals surface area contributed by atoms with E-state index < -0.39 is 11.9 Å². The number of ether oxygens (including phenoxy) is 5. The molecule has 0 saturated carbocycles. The third kappa shape index (κ3) is 6.12. The van der Waals surface area contributed by atoms with Crippen LogP contribution >= 0.6 is 0 Å². The number of carbonyl (C=O) groups is 2. The Morgan fingerprint density at radius 3 is 2.16 bits per heavy atom. The Balaban J connectivity index is 1.93. The summed E-state index contributed by atoms with van der Waals surface area (Å²) in [5, 5.41) is 0. The molecule has 0 saturated heterocycles. The number of carbonyl (C=O) groups excluding carboxylic acids is 2. The molecule has 0 aliphatic rings. The first-order chi connectivity index (χ1) is 17.7. The molecule has 0 amide bonds. The Morgan fingerprint density at radius 1 is 0.838 bits per heavy atom. The largest absolute Gasteiger partial charge is 0.496 e. The lowest BCUT2D eigenvalue weighted by Gasteiger charge is -2.21. The normalized spacial score (nSPS) is 10.7. The maximum Gasteiger partial charge on any atom is 0.347 e. The molecule has 0 fully saturated rings. The highest BCUT2D eigenvalue weighted by Gasteiger charge is 2.26. The number of hydrogen-bond acceptors (Lipinski definition) is 7. The monoisotopic (exact) mass is 506 g/mol. The molecule has 37 heavy (non-hydrogen) atoms. The first kappa shape index (κ1) is 27.7. The van der Waals surface area contributed by atoms with E-state index in [4.69, 9.17) is 23.7 Å². The summed E-state index contributed by atoms with van der Waals surface area (Å²) in [4.78, 5) is 26.2. The predicted octanol–water partition coefficient (Wildman–Crippen LogP) is 6.05. The van der Waals surface area contributed by atoms with E-state index in [0.29, 0.717) is 63.7 Å². The molecule has 3 aromatic rings. The van der Waals surface area contributed by atoms with Crippen molar-refractivity contribution in [2.45, 2.75) is 47.6 Å². The first-order valence-corrected chi connectivity index (χ1v) is 12.1. The molecule has 0 N–H and O–H groups in total. The zero-order chi connectivity index (χ0) is 27.1. The van der Waals surface area contributed by atoms with Crippen LogP contribution in [0.2, 0.25) is 0 Å². The highest BCUT2D eigenvalue weighted by atomic mass is 16.7. The molecule has 3 rings (SSSR count). The van der Waals surface area contributed by atoms with Crippen LogP contribution in [0.1, 0.15) is 61.0 Å². The van der Waals surface area contributed by atoms with Crippen molar-refractivity contribution in [1.82, 2.24) is 0 Å². The Bertz CT molecular complexity index is 1280. The van der Waals surface area contributed by atoms with Crippen LogP contribution in [0.5, 0.6) is 17.2 Å². The third-order valence-electron chi connectivity index (χ3n) is 6.38. The molecule has 0 bridgehead atoms. The van der Waals surface area contributed by atoms with Gasteiger partial charge in [0.25, 0.3) is 0 Å². The zero-order valence-corrected chi connectivity index (χ0v) is 22.5. The topological polar surface area (TPSA) is 80.3 Å². The van der Waals surface area contributed by atoms with Crippen LogP contribution in [0.3, 0.4) is 0 Å². The second kappa shape index (κ2) is 12.4. The standard InChI is InChI=1S/C30H34O7/c1-8-24-21(5)28(20(4)19(3)27(24)29(31)36-17-33-6)37-30(32)26-18(2)14-23(15-25(26)34-7)35-16-22-12-10-9-11-13-22/h9-15H,8,16-17H2,1-7H3. The maximum atomic E-state index is 13.4. The van der Waals surface area contributed by atoms with Crippen molar-refractivity contribution in [1.29, 1.82) is 0 Å². The van der Waals surface area contributed by atoms with Crippen LogP contribution < -0.4 is 14.2 Å². The summed E-state index contributed by atoms with van der Waals surface area (Å²) in [6.45, 7) is 9.49. The summed E-state index contributed by atoms with van der Waals surface area (Å²) in [5.41, 5.74) is 5.34. The maximum absolute atomic E-state index is 13.4. The van der Waals surface area contributed by atoms with Gasteiger partial charge in [0.15, 0.2) is 6.79 Å². The van der Waals surface area contributed by atoms with Crippen molar-refractivity contribution in [3.8, 4) is 17.2 Å².